The predicted octanol–water partition coefficient (Wildman–Crippen LogP) is 8.35. The van der Waals surface area contributed by atoms with Gasteiger partial charge in [0.1, 0.15) is 28.0 Å². The van der Waals surface area contributed by atoms with Gasteiger partial charge in [-0.05, 0) is 99.1 Å². The number of benzene rings is 4. The molecule has 2 aliphatic rings. The molecule has 0 amide bonds. The lowest BCUT2D eigenvalue weighted by Gasteiger charge is -2.35. The first-order valence-corrected chi connectivity index (χ1v) is 16.0. The van der Waals surface area contributed by atoms with Crippen molar-refractivity contribution in [2.45, 2.75) is 52.4 Å². The first kappa shape index (κ1) is 27.2. The lowest BCUT2D eigenvalue weighted by molar-refractivity contribution is 0.458. The van der Waals surface area contributed by atoms with Crippen LogP contribution in [-0.4, -0.2) is 16.7 Å². The van der Waals surface area contributed by atoms with E-state index in [4.69, 9.17) is 19.4 Å². The summed E-state index contributed by atoms with van der Waals surface area (Å²) in [6.07, 6.45) is 1.92. The van der Waals surface area contributed by atoms with Gasteiger partial charge < -0.3 is 9.47 Å². The Bertz CT molecular complexity index is 2070. The van der Waals surface area contributed by atoms with E-state index >= 15 is 0 Å². The van der Waals surface area contributed by atoms with Crippen LogP contribution in [-0.2, 0) is 10.8 Å². The van der Waals surface area contributed by atoms with Crippen LogP contribution in [0.3, 0.4) is 0 Å². The van der Waals surface area contributed by atoms with Crippen LogP contribution < -0.4 is 25.9 Å². The van der Waals surface area contributed by atoms with Gasteiger partial charge in [0.25, 0.3) is 6.71 Å². The van der Waals surface area contributed by atoms with Gasteiger partial charge >= 0.3 is 0 Å². The minimum atomic E-state index is -0.0569. The molecule has 2 aliphatic heterocycles. The average molecular weight is 593 g/mol. The molecule has 0 N–H and O–H groups in total. The summed E-state index contributed by atoms with van der Waals surface area (Å²) in [5, 5.41) is 1.01. The molecule has 4 aromatic carbocycles. The van der Waals surface area contributed by atoms with Crippen molar-refractivity contribution in [3.63, 3.8) is 0 Å². The summed E-state index contributed by atoms with van der Waals surface area (Å²) in [6, 6.07) is 30.0. The van der Waals surface area contributed by atoms with Gasteiger partial charge in [-0.2, -0.15) is 0 Å². The van der Waals surface area contributed by atoms with Crippen LogP contribution in [0.4, 0.5) is 0 Å². The molecule has 4 nitrogen and oxygen atoms in total. The number of hydrogen-bond donors (Lipinski definition) is 0. The molecule has 6 heteroatoms. The third kappa shape index (κ3) is 4.43. The van der Waals surface area contributed by atoms with Crippen LogP contribution in [0, 0.1) is 0 Å². The topological polar surface area (TPSA) is 44.2 Å². The quantitative estimate of drug-likeness (QED) is 0.189. The minimum Gasteiger partial charge on any atom is -0.458 e. The van der Waals surface area contributed by atoms with Crippen molar-refractivity contribution < 1.29 is 9.47 Å². The Hall–Kier alpha value is -4.42. The van der Waals surface area contributed by atoms with Gasteiger partial charge in [0, 0.05) is 17.2 Å². The number of thiazole rings is 1. The highest BCUT2D eigenvalue weighted by atomic mass is 32.1. The Morgan fingerprint density at radius 2 is 1.27 bits per heavy atom. The molecule has 4 heterocycles. The van der Waals surface area contributed by atoms with Gasteiger partial charge in [-0.25, -0.2) is 4.98 Å². The lowest BCUT2D eigenvalue weighted by atomic mass is 9.34. The number of pyridine rings is 1. The van der Waals surface area contributed by atoms with Gasteiger partial charge in [0.15, 0.2) is 0 Å². The van der Waals surface area contributed by atoms with Crippen LogP contribution >= 0.6 is 11.3 Å². The normalized spacial score (nSPS) is 13.5. The maximum Gasteiger partial charge on any atom is 0.260 e. The fourth-order valence-corrected chi connectivity index (χ4v) is 7.24. The van der Waals surface area contributed by atoms with Crippen molar-refractivity contribution in [1.29, 1.82) is 0 Å². The second-order valence-corrected chi connectivity index (χ2v) is 15.0. The second kappa shape index (κ2) is 9.54. The monoisotopic (exact) mass is 592 g/mol. The van der Waals surface area contributed by atoms with E-state index in [9.17, 15) is 0 Å². The Morgan fingerprint density at radius 1 is 0.636 bits per heavy atom. The fraction of sp³-hybridized carbons (Fsp3) is 0.211. The summed E-state index contributed by atoms with van der Waals surface area (Å²) in [6.45, 7) is 13.3. The van der Waals surface area contributed by atoms with Gasteiger partial charge in [-0.15, -0.1) is 11.3 Å². The van der Waals surface area contributed by atoms with Crippen molar-refractivity contribution in [3.05, 3.63) is 102 Å². The summed E-state index contributed by atoms with van der Waals surface area (Å²) >= 11 is 1.72. The molecule has 0 saturated carbocycles. The zero-order chi connectivity index (χ0) is 30.4. The van der Waals surface area contributed by atoms with E-state index in [1.807, 2.05) is 12.3 Å². The highest BCUT2D eigenvalue weighted by Gasteiger charge is 2.41. The molecule has 216 valence electrons. The summed E-state index contributed by atoms with van der Waals surface area (Å²) in [5.41, 5.74) is 9.89. The van der Waals surface area contributed by atoms with E-state index in [1.54, 1.807) is 11.3 Å². The summed E-state index contributed by atoms with van der Waals surface area (Å²) in [7, 11) is 0. The third-order valence-electron chi connectivity index (χ3n) is 8.80. The van der Waals surface area contributed by atoms with Crippen molar-refractivity contribution in [3.8, 4) is 44.8 Å². The smallest absolute Gasteiger partial charge is 0.260 e. The lowest BCUT2D eigenvalue weighted by Crippen LogP contribution is -2.57. The summed E-state index contributed by atoms with van der Waals surface area (Å²) in [4.78, 5) is 9.75. The maximum atomic E-state index is 6.69. The molecule has 2 aromatic heterocycles. The zero-order valence-electron chi connectivity index (χ0n) is 25.9. The standard InChI is InChI=1S/C38H33BN2O2S/c1-37(2,3)24-15-16-40-29(19-24)22-11-13-30-26(17-22)39-27-18-23(36-41-28-9-7-8-10-34(28)44-36)12-14-31(27)43-33-21-25(38(4,5)6)20-32(42-30)35(33)39/h7-21H,1-6H3. The van der Waals surface area contributed by atoms with Crippen LogP contribution in [0.2, 0.25) is 0 Å². The van der Waals surface area contributed by atoms with E-state index in [0.717, 1.165) is 66.7 Å². The third-order valence-corrected chi connectivity index (χ3v) is 9.89. The van der Waals surface area contributed by atoms with Gasteiger partial charge in [-0.3, -0.25) is 4.98 Å². The molecular weight excluding hydrogens is 559 g/mol. The number of aromatic nitrogens is 2. The number of ether oxygens (including phenoxy) is 2. The van der Waals surface area contributed by atoms with E-state index in [1.165, 1.54) is 15.8 Å². The first-order chi connectivity index (χ1) is 21.0. The molecule has 0 spiro atoms. The minimum absolute atomic E-state index is 0.0320. The van der Waals surface area contributed by atoms with Crippen molar-refractivity contribution in [1.82, 2.24) is 9.97 Å². The van der Waals surface area contributed by atoms with Crippen LogP contribution in [0.15, 0.2) is 91.1 Å². The zero-order valence-corrected chi connectivity index (χ0v) is 26.7. The first-order valence-electron chi connectivity index (χ1n) is 15.2. The van der Waals surface area contributed by atoms with Crippen LogP contribution in [0.1, 0.15) is 52.7 Å². The molecule has 0 unspecified atom stereocenters. The fourth-order valence-electron chi connectivity index (χ4n) is 6.28. The number of rotatable bonds is 2. The maximum absolute atomic E-state index is 6.69. The second-order valence-electron chi connectivity index (χ2n) is 13.9. The molecule has 6 aromatic rings. The number of fused-ring (bicyclic) bond motifs is 5. The number of nitrogens with zero attached hydrogens (tertiary/aromatic N) is 2. The van der Waals surface area contributed by atoms with Crippen molar-refractivity contribution >= 4 is 44.7 Å². The number of hydrogen-bond acceptors (Lipinski definition) is 5. The summed E-state index contributed by atoms with van der Waals surface area (Å²) < 4.78 is 14.6. The summed E-state index contributed by atoms with van der Waals surface area (Å²) in [5.74, 6) is 3.46. The number of para-hydroxylation sites is 1. The molecule has 0 radical (unpaired) electrons. The highest BCUT2D eigenvalue weighted by molar-refractivity contribution is 7.21. The van der Waals surface area contributed by atoms with E-state index in [0.29, 0.717) is 0 Å². The molecule has 0 aliphatic carbocycles. The van der Waals surface area contributed by atoms with Gasteiger partial charge in [0.2, 0.25) is 0 Å². The van der Waals surface area contributed by atoms with Gasteiger partial charge in [-0.1, -0.05) is 65.8 Å². The molecule has 0 atom stereocenters. The van der Waals surface area contributed by atoms with E-state index < -0.39 is 0 Å². The Morgan fingerprint density at radius 3 is 1.93 bits per heavy atom. The van der Waals surface area contributed by atoms with Crippen molar-refractivity contribution in [2.75, 3.05) is 0 Å². The van der Waals surface area contributed by atoms with E-state index in [-0.39, 0.29) is 17.5 Å². The molecule has 0 saturated heterocycles. The van der Waals surface area contributed by atoms with Crippen LogP contribution in [0.5, 0.6) is 23.0 Å². The Labute approximate surface area is 262 Å². The SMILES string of the molecule is CC(C)(C)c1ccnc(-c2ccc3c(c2)B2c4cc(-c5nc6ccccc6s5)ccc4Oc4cc(C(C)(C)C)cc(c42)O3)c1. The predicted molar refractivity (Wildman–Crippen MR) is 183 cm³/mol. The van der Waals surface area contributed by atoms with E-state index in [2.05, 4.69) is 120 Å². The molecule has 8 rings (SSSR count). The molecular formula is C38H33BN2O2S. The molecule has 0 bridgehead atoms. The Kier molecular flexibility index (Phi) is 5.89. The average Bonchev–Trinajstić information content (AvgIpc) is 3.44. The molecule has 0 fully saturated rings. The van der Waals surface area contributed by atoms with Crippen molar-refractivity contribution in [2.24, 2.45) is 0 Å². The molecule has 44 heavy (non-hydrogen) atoms. The highest BCUT2D eigenvalue weighted by Crippen LogP contribution is 2.40. The van der Waals surface area contributed by atoms with Gasteiger partial charge in [0.05, 0.1) is 15.9 Å². The Balaban J connectivity index is 1.33. The van der Waals surface area contributed by atoms with Crippen LogP contribution in [0.25, 0.3) is 32.0 Å². The largest absolute Gasteiger partial charge is 0.458 e.